The summed E-state index contributed by atoms with van der Waals surface area (Å²) in [5, 5.41) is 2.92. The van der Waals surface area contributed by atoms with Crippen LogP contribution in [0.5, 0.6) is 5.75 Å². The molecule has 1 aromatic rings. The molecule has 0 saturated heterocycles. The molecule has 1 aliphatic carbocycles. The molecule has 4 nitrogen and oxygen atoms in total. The topological polar surface area (TPSA) is 64.3 Å². The summed E-state index contributed by atoms with van der Waals surface area (Å²) in [5.41, 5.74) is 7.04. The van der Waals surface area contributed by atoms with Gasteiger partial charge >= 0.3 is 0 Å². The number of methoxy groups -OCH3 is 1. The Balaban J connectivity index is 2.08. The van der Waals surface area contributed by atoms with E-state index < -0.39 is 0 Å². The summed E-state index contributed by atoms with van der Waals surface area (Å²) in [6, 6.07) is 5.22. The van der Waals surface area contributed by atoms with Crippen LogP contribution in [-0.4, -0.2) is 19.6 Å². The minimum absolute atomic E-state index is 0.130. The predicted octanol–water partition coefficient (Wildman–Crippen LogP) is 1.81. The Morgan fingerprint density at radius 1 is 1.53 bits per heavy atom. The van der Waals surface area contributed by atoms with Crippen molar-refractivity contribution in [3.8, 4) is 5.75 Å². The highest BCUT2D eigenvalue weighted by atomic mass is 16.5. The molecule has 4 heteroatoms. The quantitative estimate of drug-likeness (QED) is 0.781. The average molecular weight is 234 g/mol. The number of nitrogens with two attached hydrogens (primary N) is 1. The highest BCUT2D eigenvalue weighted by molar-refractivity contribution is 6.00. The number of nitrogen functional groups attached to an aromatic ring is 1. The number of nitrogens with one attached hydrogen (secondary N) is 1. The van der Waals surface area contributed by atoms with Crippen LogP contribution in [0.1, 0.15) is 30.1 Å². The molecule has 17 heavy (non-hydrogen) atoms. The summed E-state index contributed by atoms with van der Waals surface area (Å²) in [6.45, 7) is 2.88. The number of hydrogen-bond donors (Lipinski definition) is 2. The number of carbonyl (C=O) groups excluding carboxylic acids is 1. The van der Waals surface area contributed by atoms with Gasteiger partial charge < -0.3 is 15.8 Å². The van der Waals surface area contributed by atoms with E-state index in [2.05, 4.69) is 12.2 Å². The maximum absolute atomic E-state index is 12.0. The zero-order chi connectivity index (χ0) is 12.5. The van der Waals surface area contributed by atoms with Gasteiger partial charge in [0, 0.05) is 6.54 Å². The van der Waals surface area contributed by atoms with Gasteiger partial charge in [-0.2, -0.15) is 0 Å². The van der Waals surface area contributed by atoms with Gasteiger partial charge in [-0.3, -0.25) is 4.79 Å². The molecule has 1 aromatic carbocycles. The second kappa shape index (κ2) is 4.28. The van der Waals surface area contributed by atoms with Gasteiger partial charge in [0.05, 0.1) is 18.4 Å². The Morgan fingerprint density at radius 2 is 2.24 bits per heavy atom. The number of benzene rings is 1. The molecule has 3 N–H and O–H groups in total. The Labute approximate surface area is 101 Å². The molecule has 1 saturated carbocycles. The molecule has 92 valence electrons. The van der Waals surface area contributed by atoms with Crippen LogP contribution >= 0.6 is 0 Å². The molecule has 1 aliphatic rings. The molecule has 1 amide bonds. The monoisotopic (exact) mass is 234 g/mol. The first-order chi connectivity index (χ1) is 8.06. The van der Waals surface area contributed by atoms with Gasteiger partial charge in [-0.1, -0.05) is 13.0 Å². The normalized spacial score (nSPS) is 16.4. The molecule has 0 atom stereocenters. The van der Waals surface area contributed by atoms with Gasteiger partial charge in [0.25, 0.3) is 5.91 Å². The van der Waals surface area contributed by atoms with Crippen molar-refractivity contribution < 1.29 is 9.53 Å². The molecular formula is C13H18N2O2. The number of para-hydroxylation sites is 1. The van der Waals surface area contributed by atoms with Crippen LogP contribution in [0.4, 0.5) is 5.69 Å². The van der Waals surface area contributed by atoms with E-state index in [0.29, 0.717) is 29.0 Å². The van der Waals surface area contributed by atoms with Crippen LogP contribution in [0.25, 0.3) is 0 Å². The SMILES string of the molecule is COc1cccc(C(=O)NCC2(C)CC2)c1N. The first kappa shape index (κ1) is 11.8. The van der Waals surface area contributed by atoms with E-state index in [4.69, 9.17) is 10.5 Å². The summed E-state index contributed by atoms with van der Waals surface area (Å²) in [5.74, 6) is 0.407. The first-order valence-corrected chi connectivity index (χ1v) is 5.76. The summed E-state index contributed by atoms with van der Waals surface area (Å²) >= 11 is 0. The lowest BCUT2D eigenvalue weighted by Gasteiger charge is -2.12. The Hall–Kier alpha value is -1.71. The fourth-order valence-electron chi connectivity index (χ4n) is 1.70. The van der Waals surface area contributed by atoms with Crippen LogP contribution in [0, 0.1) is 5.41 Å². The van der Waals surface area contributed by atoms with Crippen molar-refractivity contribution in [1.82, 2.24) is 5.32 Å². The highest BCUT2D eigenvalue weighted by Gasteiger charge is 2.37. The van der Waals surface area contributed by atoms with Crippen LogP contribution in [0.15, 0.2) is 18.2 Å². The van der Waals surface area contributed by atoms with Crippen LogP contribution in [0.3, 0.4) is 0 Å². The predicted molar refractivity (Wildman–Crippen MR) is 67.1 cm³/mol. The van der Waals surface area contributed by atoms with E-state index in [0.717, 1.165) is 0 Å². The largest absolute Gasteiger partial charge is 0.495 e. The standard InChI is InChI=1S/C13H18N2O2/c1-13(6-7-13)8-15-12(16)9-4-3-5-10(17-2)11(9)14/h3-5H,6-8,14H2,1-2H3,(H,15,16). The molecule has 0 aromatic heterocycles. The zero-order valence-corrected chi connectivity index (χ0v) is 10.2. The Morgan fingerprint density at radius 3 is 2.82 bits per heavy atom. The molecule has 1 fully saturated rings. The van der Waals surface area contributed by atoms with Crippen molar-refractivity contribution in [3.05, 3.63) is 23.8 Å². The van der Waals surface area contributed by atoms with Crippen molar-refractivity contribution in [2.24, 2.45) is 5.41 Å². The van der Waals surface area contributed by atoms with Gasteiger partial charge in [0.1, 0.15) is 5.75 Å². The fourth-order valence-corrected chi connectivity index (χ4v) is 1.70. The van der Waals surface area contributed by atoms with Gasteiger partial charge in [-0.15, -0.1) is 0 Å². The maximum Gasteiger partial charge on any atom is 0.253 e. The van der Waals surface area contributed by atoms with Crippen molar-refractivity contribution in [2.75, 3.05) is 19.4 Å². The van der Waals surface area contributed by atoms with E-state index in [1.165, 1.54) is 12.8 Å². The second-order valence-electron chi connectivity index (χ2n) is 4.91. The minimum Gasteiger partial charge on any atom is -0.495 e. The van der Waals surface area contributed by atoms with Gasteiger partial charge in [0.2, 0.25) is 0 Å². The molecule has 0 unspecified atom stereocenters. The molecular weight excluding hydrogens is 216 g/mol. The highest BCUT2D eigenvalue weighted by Crippen LogP contribution is 2.44. The number of rotatable bonds is 4. The third kappa shape index (κ3) is 2.52. The summed E-state index contributed by atoms with van der Waals surface area (Å²) in [7, 11) is 1.54. The second-order valence-corrected chi connectivity index (χ2v) is 4.91. The van der Waals surface area contributed by atoms with E-state index >= 15 is 0 Å². The summed E-state index contributed by atoms with van der Waals surface area (Å²) in [6.07, 6.45) is 2.36. The average Bonchev–Trinajstić information content (AvgIpc) is 3.05. The number of amides is 1. The molecule has 2 rings (SSSR count). The number of carbonyl (C=O) groups is 1. The van der Waals surface area contributed by atoms with E-state index in [9.17, 15) is 4.79 Å². The smallest absolute Gasteiger partial charge is 0.253 e. The number of anilines is 1. The zero-order valence-electron chi connectivity index (χ0n) is 10.2. The maximum atomic E-state index is 12.0. The van der Waals surface area contributed by atoms with Gasteiger partial charge in [-0.25, -0.2) is 0 Å². The number of hydrogen-bond acceptors (Lipinski definition) is 3. The number of ether oxygens (including phenoxy) is 1. The van der Waals surface area contributed by atoms with Crippen molar-refractivity contribution in [1.29, 1.82) is 0 Å². The van der Waals surface area contributed by atoms with Crippen molar-refractivity contribution in [2.45, 2.75) is 19.8 Å². The minimum atomic E-state index is -0.130. The molecule has 0 aliphatic heterocycles. The fraction of sp³-hybridized carbons (Fsp3) is 0.462. The Kier molecular flexibility index (Phi) is 2.96. The third-order valence-electron chi connectivity index (χ3n) is 3.31. The van der Waals surface area contributed by atoms with E-state index in [1.54, 1.807) is 25.3 Å². The third-order valence-corrected chi connectivity index (χ3v) is 3.31. The van der Waals surface area contributed by atoms with Crippen LogP contribution in [0.2, 0.25) is 0 Å². The lowest BCUT2D eigenvalue weighted by molar-refractivity contribution is 0.0946. The summed E-state index contributed by atoms with van der Waals surface area (Å²) < 4.78 is 5.09. The Bertz CT molecular complexity index is 439. The lowest BCUT2D eigenvalue weighted by atomic mass is 10.1. The first-order valence-electron chi connectivity index (χ1n) is 5.76. The van der Waals surface area contributed by atoms with E-state index in [-0.39, 0.29) is 5.91 Å². The van der Waals surface area contributed by atoms with Gasteiger partial charge in [-0.05, 0) is 30.4 Å². The van der Waals surface area contributed by atoms with Crippen LogP contribution in [-0.2, 0) is 0 Å². The lowest BCUT2D eigenvalue weighted by Crippen LogP contribution is -2.29. The summed E-state index contributed by atoms with van der Waals surface area (Å²) in [4.78, 5) is 12.0. The molecule has 0 spiro atoms. The van der Waals surface area contributed by atoms with Gasteiger partial charge in [0.15, 0.2) is 0 Å². The van der Waals surface area contributed by atoms with Crippen molar-refractivity contribution >= 4 is 11.6 Å². The van der Waals surface area contributed by atoms with Crippen molar-refractivity contribution in [3.63, 3.8) is 0 Å². The van der Waals surface area contributed by atoms with E-state index in [1.807, 2.05) is 0 Å². The van der Waals surface area contributed by atoms with Crippen LogP contribution < -0.4 is 15.8 Å². The molecule has 0 heterocycles. The molecule has 0 radical (unpaired) electrons. The molecule has 0 bridgehead atoms.